The van der Waals surface area contributed by atoms with Gasteiger partial charge < -0.3 is 9.26 Å². The number of ether oxygens (including phenoxy) is 1. The molecule has 0 aliphatic heterocycles. The van der Waals surface area contributed by atoms with E-state index in [2.05, 4.69) is 9.88 Å². The number of benzene rings is 2. The van der Waals surface area contributed by atoms with E-state index in [1.807, 2.05) is 17.5 Å². The van der Waals surface area contributed by atoms with Gasteiger partial charge in [-0.05, 0) is 60.0 Å². The zero-order valence-electron chi connectivity index (χ0n) is 15.8. The molecule has 10 heteroatoms. The van der Waals surface area contributed by atoms with Crippen molar-refractivity contribution in [3.05, 3.63) is 89.2 Å². The lowest BCUT2D eigenvalue weighted by atomic mass is 10.2. The van der Waals surface area contributed by atoms with Crippen LogP contribution in [0, 0.1) is 5.82 Å². The molecular weight excluding hydrogens is 443 g/mol. The van der Waals surface area contributed by atoms with Crippen molar-refractivity contribution in [3.63, 3.8) is 0 Å². The van der Waals surface area contributed by atoms with E-state index < -0.39 is 21.8 Å². The van der Waals surface area contributed by atoms with Gasteiger partial charge in [0.05, 0.1) is 15.3 Å². The number of carbonyl (C=O) groups excluding carboxylic acids is 1. The summed E-state index contributed by atoms with van der Waals surface area (Å²) in [7, 11) is -3.88. The fourth-order valence-corrected chi connectivity index (χ4v) is 4.37. The van der Waals surface area contributed by atoms with Crippen molar-refractivity contribution in [1.82, 2.24) is 5.16 Å². The van der Waals surface area contributed by atoms with Crippen LogP contribution >= 0.6 is 11.3 Å². The van der Waals surface area contributed by atoms with Gasteiger partial charge in [0, 0.05) is 11.8 Å². The maximum Gasteiger partial charge on any atom is 0.338 e. The predicted molar refractivity (Wildman–Crippen MR) is 113 cm³/mol. The van der Waals surface area contributed by atoms with Crippen LogP contribution in [0.1, 0.15) is 16.1 Å². The number of sulfonamides is 1. The number of nitrogens with one attached hydrogen (secondary N) is 1. The number of carbonyl (C=O) groups is 1. The normalized spacial score (nSPS) is 11.3. The second-order valence-electron chi connectivity index (χ2n) is 6.37. The lowest BCUT2D eigenvalue weighted by Crippen LogP contribution is -2.13. The van der Waals surface area contributed by atoms with Gasteiger partial charge in [-0.1, -0.05) is 11.2 Å². The predicted octanol–water partition coefficient (Wildman–Crippen LogP) is 4.70. The van der Waals surface area contributed by atoms with Crippen LogP contribution in [0.25, 0.3) is 10.6 Å². The molecule has 7 nitrogen and oxygen atoms in total. The first-order valence-electron chi connectivity index (χ1n) is 8.96. The average Bonchev–Trinajstić information content (AvgIpc) is 3.44. The highest BCUT2D eigenvalue weighted by Gasteiger charge is 2.15. The summed E-state index contributed by atoms with van der Waals surface area (Å²) in [6.07, 6.45) is 0. The fraction of sp³-hybridized carbons (Fsp3) is 0.0476. The first kappa shape index (κ1) is 20.8. The van der Waals surface area contributed by atoms with E-state index in [0.29, 0.717) is 11.5 Å². The minimum atomic E-state index is -3.88. The molecule has 2 aromatic carbocycles. The number of rotatable bonds is 7. The van der Waals surface area contributed by atoms with Crippen LogP contribution < -0.4 is 4.72 Å². The van der Waals surface area contributed by atoms with Crippen molar-refractivity contribution in [2.45, 2.75) is 11.5 Å². The highest BCUT2D eigenvalue weighted by Crippen LogP contribution is 2.25. The van der Waals surface area contributed by atoms with E-state index in [0.717, 1.165) is 29.1 Å². The van der Waals surface area contributed by atoms with Crippen molar-refractivity contribution in [3.8, 4) is 10.6 Å². The average molecular weight is 458 g/mol. The van der Waals surface area contributed by atoms with Gasteiger partial charge in [0.1, 0.15) is 18.1 Å². The van der Waals surface area contributed by atoms with Crippen molar-refractivity contribution in [2.75, 3.05) is 4.72 Å². The highest BCUT2D eigenvalue weighted by atomic mass is 32.2. The van der Waals surface area contributed by atoms with Gasteiger partial charge in [0.25, 0.3) is 10.0 Å². The zero-order valence-corrected chi connectivity index (χ0v) is 17.5. The third-order valence-corrected chi connectivity index (χ3v) is 6.45. The van der Waals surface area contributed by atoms with Crippen LogP contribution in [-0.2, 0) is 21.4 Å². The molecule has 4 aromatic rings. The first-order chi connectivity index (χ1) is 14.9. The van der Waals surface area contributed by atoms with Gasteiger partial charge in [-0.25, -0.2) is 17.6 Å². The summed E-state index contributed by atoms with van der Waals surface area (Å²) in [5.74, 6) is -0.525. The molecule has 0 aliphatic carbocycles. The number of aromatic nitrogens is 1. The Morgan fingerprint density at radius 3 is 2.52 bits per heavy atom. The summed E-state index contributed by atoms with van der Waals surface area (Å²) in [5, 5.41) is 5.80. The Hall–Kier alpha value is -3.50. The van der Waals surface area contributed by atoms with Crippen molar-refractivity contribution >= 4 is 33.0 Å². The molecule has 0 saturated heterocycles. The molecule has 0 atom stereocenters. The summed E-state index contributed by atoms with van der Waals surface area (Å²) >= 11 is 1.51. The number of esters is 1. The first-order valence-corrected chi connectivity index (χ1v) is 11.3. The summed E-state index contributed by atoms with van der Waals surface area (Å²) in [6.45, 7) is -0.0628. The summed E-state index contributed by atoms with van der Waals surface area (Å²) in [5.41, 5.74) is 0.963. The van der Waals surface area contributed by atoms with Crippen LogP contribution in [0.2, 0.25) is 0 Å². The Morgan fingerprint density at radius 2 is 1.84 bits per heavy atom. The third kappa shape index (κ3) is 4.98. The molecule has 0 radical (unpaired) electrons. The minimum absolute atomic E-state index is 0.0628. The Morgan fingerprint density at radius 1 is 1.10 bits per heavy atom. The Kier molecular flexibility index (Phi) is 5.83. The van der Waals surface area contributed by atoms with Gasteiger partial charge in [0.2, 0.25) is 0 Å². The van der Waals surface area contributed by atoms with Gasteiger partial charge in [-0.2, -0.15) is 0 Å². The van der Waals surface area contributed by atoms with Crippen LogP contribution in [0.3, 0.4) is 0 Å². The highest BCUT2D eigenvalue weighted by molar-refractivity contribution is 7.92. The SMILES string of the molecule is O=C(OCc1cc(-c2cccs2)on1)c1ccc(NS(=O)(=O)c2ccc(F)cc2)cc1. The largest absolute Gasteiger partial charge is 0.455 e. The van der Waals surface area contributed by atoms with E-state index in [4.69, 9.17) is 9.26 Å². The molecular formula is C21H15FN2O5S2. The van der Waals surface area contributed by atoms with E-state index in [1.54, 1.807) is 6.07 Å². The van der Waals surface area contributed by atoms with Crippen molar-refractivity contribution in [1.29, 1.82) is 0 Å². The molecule has 0 fully saturated rings. The number of hydrogen-bond donors (Lipinski definition) is 1. The molecule has 0 aliphatic rings. The monoisotopic (exact) mass is 458 g/mol. The fourth-order valence-electron chi connectivity index (χ4n) is 2.64. The van der Waals surface area contributed by atoms with Crippen LogP contribution in [0.15, 0.2) is 81.5 Å². The summed E-state index contributed by atoms with van der Waals surface area (Å²) in [4.78, 5) is 13.1. The third-order valence-electron chi connectivity index (χ3n) is 4.17. The molecule has 1 N–H and O–H groups in total. The smallest absolute Gasteiger partial charge is 0.338 e. The number of hydrogen-bond acceptors (Lipinski definition) is 7. The van der Waals surface area contributed by atoms with Crippen molar-refractivity contribution in [2.24, 2.45) is 0 Å². The lowest BCUT2D eigenvalue weighted by molar-refractivity contribution is 0.0464. The minimum Gasteiger partial charge on any atom is -0.455 e. The van der Waals surface area contributed by atoms with Crippen LogP contribution in [-0.4, -0.2) is 19.5 Å². The summed E-state index contributed by atoms with van der Waals surface area (Å²) in [6, 6.07) is 15.7. The van der Waals surface area contributed by atoms with Gasteiger partial charge in [0.15, 0.2) is 5.76 Å². The molecule has 2 aromatic heterocycles. The van der Waals surface area contributed by atoms with E-state index in [9.17, 15) is 17.6 Å². The molecule has 0 bridgehead atoms. The standard InChI is InChI=1S/C21H15FN2O5S2/c22-15-5-9-18(10-6-15)31(26,27)24-16-7-3-14(4-8-16)21(25)28-13-17-12-19(29-23-17)20-2-1-11-30-20/h1-12,24H,13H2. The second-order valence-corrected chi connectivity index (χ2v) is 9.00. The number of halogens is 1. The van der Waals surface area contributed by atoms with Crippen molar-refractivity contribution < 1.29 is 26.9 Å². The van der Waals surface area contributed by atoms with Gasteiger partial charge in [-0.15, -0.1) is 11.3 Å². The quantitative estimate of drug-likeness (QED) is 0.403. The number of thiophene rings is 1. The topological polar surface area (TPSA) is 98.5 Å². The molecule has 31 heavy (non-hydrogen) atoms. The molecule has 0 saturated carbocycles. The lowest BCUT2D eigenvalue weighted by Gasteiger charge is -2.09. The molecule has 0 spiro atoms. The molecule has 0 unspecified atom stereocenters. The zero-order chi connectivity index (χ0) is 21.8. The van der Waals surface area contributed by atoms with E-state index in [-0.39, 0.29) is 22.8 Å². The maximum atomic E-state index is 13.0. The number of nitrogens with zero attached hydrogens (tertiary/aromatic N) is 1. The van der Waals surface area contributed by atoms with Crippen LogP contribution in [0.5, 0.6) is 0 Å². The van der Waals surface area contributed by atoms with Crippen LogP contribution in [0.4, 0.5) is 10.1 Å². The second kappa shape index (κ2) is 8.70. The van der Waals surface area contributed by atoms with E-state index in [1.165, 1.54) is 35.6 Å². The molecule has 158 valence electrons. The van der Waals surface area contributed by atoms with Gasteiger partial charge in [-0.3, -0.25) is 4.72 Å². The van der Waals surface area contributed by atoms with Gasteiger partial charge >= 0.3 is 5.97 Å². The Labute approximate surface area is 181 Å². The maximum absolute atomic E-state index is 13.0. The Bertz CT molecular complexity index is 1280. The molecule has 4 rings (SSSR count). The number of anilines is 1. The molecule has 0 amide bonds. The van der Waals surface area contributed by atoms with E-state index >= 15 is 0 Å². The Balaban J connectivity index is 1.36. The summed E-state index contributed by atoms with van der Waals surface area (Å²) < 4.78 is 50.5. The molecule has 2 heterocycles.